The van der Waals surface area contributed by atoms with E-state index in [1.165, 1.54) is 34.5 Å². The van der Waals surface area contributed by atoms with Gasteiger partial charge < -0.3 is 4.90 Å². The fourth-order valence-corrected chi connectivity index (χ4v) is 5.03. The van der Waals surface area contributed by atoms with E-state index in [0.29, 0.717) is 23.9 Å². The van der Waals surface area contributed by atoms with E-state index < -0.39 is 21.9 Å². The molecule has 1 atom stereocenters. The molecule has 33 heavy (non-hydrogen) atoms. The lowest BCUT2D eigenvalue weighted by atomic mass is 9.96. The van der Waals surface area contributed by atoms with Crippen molar-refractivity contribution in [3.05, 3.63) is 62.1 Å². The summed E-state index contributed by atoms with van der Waals surface area (Å²) in [6.45, 7) is 9.00. The van der Waals surface area contributed by atoms with Crippen LogP contribution in [-0.4, -0.2) is 41.7 Å². The number of thioether (sulfide) groups is 1. The molecule has 1 aliphatic heterocycles. The van der Waals surface area contributed by atoms with E-state index in [1.54, 1.807) is 7.05 Å². The third-order valence-corrected chi connectivity index (χ3v) is 7.09. The van der Waals surface area contributed by atoms with Gasteiger partial charge in [0.2, 0.25) is 5.91 Å². The molecule has 1 aliphatic rings. The fraction of sp³-hybridized carbons (Fsp3) is 0.458. The Kier molecular flexibility index (Phi) is 5.94. The van der Waals surface area contributed by atoms with Crippen molar-refractivity contribution in [2.45, 2.75) is 56.4 Å². The highest BCUT2D eigenvalue weighted by molar-refractivity contribution is 8.00. The lowest BCUT2D eigenvalue weighted by Gasteiger charge is -2.30. The third kappa shape index (κ3) is 4.21. The number of aryl methyl sites for hydroxylation is 1. The summed E-state index contributed by atoms with van der Waals surface area (Å²) in [7, 11) is 3.04. The molecule has 0 bridgehead atoms. The summed E-state index contributed by atoms with van der Waals surface area (Å²) >= 11 is 1.25. The molecule has 174 valence electrons. The number of nitrogens with zero attached hydrogens (tertiary/aromatic N) is 5. The molecule has 1 amide bonds. The van der Waals surface area contributed by atoms with Crippen LogP contribution in [0, 0.1) is 0 Å². The maximum absolute atomic E-state index is 13.3. The maximum atomic E-state index is 13.3. The topological polar surface area (TPSA) is 90.1 Å². The zero-order valence-corrected chi connectivity index (χ0v) is 20.7. The van der Waals surface area contributed by atoms with Crippen molar-refractivity contribution in [1.29, 1.82) is 0 Å². The summed E-state index contributed by atoms with van der Waals surface area (Å²) in [5.74, 6) is 0.521. The first-order valence-corrected chi connectivity index (χ1v) is 11.9. The molecule has 4 rings (SSSR count). The van der Waals surface area contributed by atoms with E-state index in [4.69, 9.17) is 4.98 Å². The molecule has 0 spiro atoms. The summed E-state index contributed by atoms with van der Waals surface area (Å²) in [6.07, 6.45) is 0.826. The minimum Gasteiger partial charge on any atom is -0.337 e. The lowest BCUT2D eigenvalue weighted by Crippen LogP contribution is -2.40. The van der Waals surface area contributed by atoms with Gasteiger partial charge in [0.05, 0.1) is 5.25 Å². The molecule has 0 aliphatic carbocycles. The average Bonchev–Trinajstić information content (AvgIpc) is 2.79. The number of benzene rings is 1. The van der Waals surface area contributed by atoms with Gasteiger partial charge in [0, 0.05) is 32.6 Å². The molecule has 2 aromatic heterocycles. The van der Waals surface area contributed by atoms with Crippen LogP contribution in [0.15, 0.2) is 38.9 Å². The zero-order chi connectivity index (χ0) is 24.1. The van der Waals surface area contributed by atoms with Crippen LogP contribution in [0.2, 0.25) is 0 Å². The van der Waals surface area contributed by atoms with Crippen LogP contribution in [0.25, 0.3) is 11.0 Å². The van der Waals surface area contributed by atoms with Crippen LogP contribution in [0.5, 0.6) is 0 Å². The first kappa shape index (κ1) is 23.2. The predicted molar refractivity (Wildman–Crippen MR) is 130 cm³/mol. The summed E-state index contributed by atoms with van der Waals surface area (Å²) < 4.78 is 2.42. The van der Waals surface area contributed by atoms with Crippen LogP contribution in [0.3, 0.4) is 0 Å². The van der Waals surface area contributed by atoms with E-state index in [0.717, 1.165) is 11.0 Å². The molecule has 3 aromatic rings. The van der Waals surface area contributed by atoms with Crippen LogP contribution >= 0.6 is 11.8 Å². The van der Waals surface area contributed by atoms with Gasteiger partial charge in [-0.15, -0.1) is 0 Å². The highest BCUT2D eigenvalue weighted by Gasteiger charge is 2.29. The van der Waals surface area contributed by atoms with Gasteiger partial charge in [0.15, 0.2) is 5.65 Å². The lowest BCUT2D eigenvalue weighted by molar-refractivity contribution is -0.131. The van der Waals surface area contributed by atoms with E-state index in [9.17, 15) is 14.4 Å². The molecular formula is C24H29N5O3S. The Morgan fingerprint density at radius 2 is 1.73 bits per heavy atom. The van der Waals surface area contributed by atoms with Crippen LogP contribution < -0.4 is 11.2 Å². The Bertz CT molecular complexity index is 1370. The summed E-state index contributed by atoms with van der Waals surface area (Å²) in [6, 6.07) is 8.18. The number of rotatable bonds is 3. The molecule has 8 nitrogen and oxygen atoms in total. The van der Waals surface area contributed by atoms with Crippen molar-refractivity contribution in [3.8, 4) is 0 Å². The van der Waals surface area contributed by atoms with Gasteiger partial charge in [-0.05, 0) is 24.5 Å². The van der Waals surface area contributed by atoms with Gasteiger partial charge in [0.25, 0.3) is 5.56 Å². The minimum atomic E-state index is -0.456. The normalized spacial score (nSPS) is 14.9. The predicted octanol–water partition coefficient (Wildman–Crippen LogP) is 2.39. The van der Waals surface area contributed by atoms with Gasteiger partial charge in [-0.2, -0.15) is 0 Å². The second-order valence-corrected chi connectivity index (χ2v) is 10.9. The van der Waals surface area contributed by atoms with Gasteiger partial charge in [-0.3, -0.25) is 18.7 Å². The van der Waals surface area contributed by atoms with Gasteiger partial charge >= 0.3 is 5.69 Å². The van der Waals surface area contributed by atoms with Crippen molar-refractivity contribution in [3.63, 3.8) is 0 Å². The zero-order valence-electron chi connectivity index (χ0n) is 19.9. The number of fused-ring (bicyclic) bond motifs is 2. The summed E-state index contributed by atoms with van der Waals surface area (Å²) in [5.41, 5.74) is 1.44. The number of carbonyl (C=O) groups is 1. The third-order valence-electron chi connectivity index (χ3n) is 6.02. The smallest absolute Gasteiger partial charge is 0.332 e. The summed E-state index contributed by atoms with van der Waals surface area (Å²) in [5, 5.41) is 0.240. The Hall–Kier alpha value is -2.94. The van der Waals surface area contributed by atoms with E-state index in [-0.39, 0.29) is 16.9 Å². The number of aromatic nitrogens is 4. The van der Waals surface area contributed by atoms with Crippen LogP contribution in [-0.2, 0) is 37.3 Å². The highest BCUT2D eigenvalue weighted by atomic mass is 32.2. The van der Waals surface area contributed by atoms with Crippen molar-refractivity contribution < 1.29 is 4.79 Å². The van der Waals surface area contributed by atoms with Crippen molar-refractivity contribution in [1.82, 2.24) is 24.0 Å². The maximum Gasteiger partial charge on any atom is 0.332 e. The Morgan fingerprint density at radius 3 is 2.39 bits per heavy atom. The second kappa shape index (κ2) is 8.44. The monoisotopic (exact) mass is 467 g/mol. The van der Waals surface area contributed by atoms with Crippen molar-refractivity contribution >= 4 is 28.7 Å². The van der Waals surface area contributed by atoms with Crippen molar-refractivity contribution in [2.24, 2.45) is 14.1 Å². The largest absolute Gasteiger partial charge is 0.337 e. The van der Waals surface area contributed by atoms with Crippen LogP contribution in [0.1, 0.15) is 44.6 Å². The molecule has 1 unspecified atom stereocenters. The van der Waals surface area contributed by atoms with Gasteiger partial charge in [-0.1, -0.05) is 56.8 Å². The van der Waals surface area contributed by atoms with E-state index >= 15 is 0 Å². The molecule has 3 heterocycles. The van der Waals surface area contributed by atoms with Crippen molar-refractivity contribution in [2.75, 3.05) is 6.54 Å². The average molecular weight is 468 g/mol. The number of amides is 1. The molecule has 9 heteroatoms. The van der Waals surface area contributed by atoms with Gasteiger partial charge in [0.1, 0.15) is 16.2 Å². The van der Waals surface area contributed by atoms with E-state index in [1.807, 2.05) is 44.7 Å². The molecule has 1 aromatic carbocycles. The molecular weight excluding hydrogens is 438 g/mol. The minimum absolute atomic E-state index is 0.000202. The highest BCUT2D eigenvalue weighted by Crippen LogP contribution is 2.31. The second-order valence-electron chi connectivity index (χ2n) is 9.55. The Balaban J connectivity index is 1.74. The standard InChI is InChI=1S/C24H29N5O3S/c1-14(20(30)29-12-11-15-9-7-8-10-16(15)13-29)33-19-17-18(25-22(26-19)24(2,3)4)27(5)23(32)28(6)21(17)31/h7-10,14H,11-13H2,1-6H3. The summed E-state index contributed by atoms with van der Waals surface area (Å²) in [4.78, 5) is 50.0. The SMILES string of the molecule is CC(Sc1nc(C(C)(C)C)nc2c1c(=O)n(C)c(=O)n2C)C(=O)N1CCc2ccccc2C1. The molecule has 0 saturated heterocycles. The molecule has 0 fully saturated rings. The number of carbonyl (C=O) groups excluding carboxylic acids is 1. The molecule has 0 radical (unpaired) electrons. The number of hydrogen-bond donors (Lipinski definition) is 0. The first-order valence-electron chi connectivity index (χ1n) is 11.0. The first-order chi connectivity index (χ1) is 15.5. The Morgan fingerprint density at radius 1 is 1.06 bits per heavy atom. The molecule has 0 N–H and O–H groups in total. The molecule has 0 saturated carbocycles. The Labute approximate surface area is 196 Å². The number of hydrogen-bond acceptors (Lipinski definition) is 6. The van der Waals surface area contributed by atoms with Crippen LogP contribution in [0.4, 0.5) is 0 Å². The quantitative estimate of drug-likeness (QED) is 0.434. The van der Waals surface area contributed by atoms with Gasteiger partial charge in [-0.25, -0.2) is 14.8 Å². The van der Waals surface area contributed by atoms with E-state index in [2.05, 4.69) is 17.1 Å². The fourth-order valence-electron chi connectivity index (χ4n) is 4.01.